The number of nitrogens with two attached hydrogens (primary N) is 1. The maximum atomic E-state index is 13.8. The summed E-state index contributed by atoms with van der Waals surface area (Å²) in [5, 5.41) is 12.8. The Balaban J connectivity index is 1.37. The van der Waals surface area contributed by atoms with Crippen LogP contribution in [-0.4, -0.2) is 74.0 Å². The van der Waals surface area contributed by atoms with Crippen LogP contribution in [0.2, 0.25) is 0 Å². The second-order valence-electron chi connectivity index (χ2n) is 12.3. The van der Waals surface area contributed by atoms with E-state index in [0.29, 0.717) is 36.6 Å². The van der Waals surface area contributed by atoms with Gasteiger partial charge in [0.15, 0.2) is 5.75 Å². The molecule has 3 atom stereocenters. The number of fused-ring (bicyclic) bond motifs is 1. The fraction of sp³-hybridized carbons (Fsp3) is 0.278. The van der Waals surface area contributed by atoms with Crippen molar-refractivity contribution in [2.75, 3.05) is 42.5 Å². The Morgan fingerprint density at radius 3 is 2.39 bits per heavy atom. The van der Waals surface area contributed by atoms with Gasteiger partial charge in [-0.2, -0.15) is 0 Å². The molecule has 0 aromatic heterocycles. The summed E-state index contributed by atoms with van der Waals surface area (Å²) in [5.74, 6) is -1.43. The Morgan fingerprint density at radius 1 is 1.04 bits per heavy atom. The maximum absolute atomic E-state index is 13.8. The van der Waals surface area contributed by atoms with Crippen LogP contribution in [0, 0.1) is 11.7 Å². The highest BCUT2D eigenvalue weighted by atomic mass is 32.2. The molecular weight excluding hydrogens is 649 g/mol. The first-order chi connectivity index (χ1) is 23.4. The minimum atomic E-state index is -4.17. The standard InChI is InChI=1S/C36H40FN5O6S/c1-23-19-42(24(2)22-43)36(45)29-7-6-10-32(40-49(46,47)28-17-15-27(37)16-18-28)34(29)48-33(23)21-41(3)20-25-11-13-26(14-12-25)35(44)39-31-9-5-4-8-30(31)38/h4-18,23-24,33,40,43H,19-22,38H2,1-3H3,(H,39,44)/t23-,24+,33-/m0/s1. The molecule has 1 aliphatic rings. The molecule has 49 heavy (non-hydrogen) atoms. The molecule has 2 amide bonds. The molecular formula is C36H40FN5O6S. The van der Waals surface area contributed by atoms with Crippen molar-refractivity contribution in [3.63, 3.8) is 0 Å². The Bertz CT molecular complexity index is 1910. The van der Waals surface area contributed by atoms with Gasteiger partial charge in [0.1, 0.15) is 11.9 Å². The number of carbonyl (C=O) groups excluding carboxylic acids is 2. The van der Waals surface area contributed by atoms with E-state index in [1.807, 2.05) is 31.0 Å². The van der Waals surface area contributed by atoms with Crippen molar-refractivity contribution in [1.29, 1.82) is 0 Å². The fourth-order valence-corrected chi connectivity index (χ4v) is 6.67. The summed E-state index contributed by atoms with van der Waals surface area (Å²) >= 11 is 0. The molecule has 1 aliphatic heterocycles. The van der Waals surface area contributed by atoms with Crippen LogP contribution < -0.4 is 20.5 Å². The van der Waals surface area contributed by atoms with E-state index in [9.17, 15) is 27.5 Å². The van der Waals surface area contributed by atoms with E-state index in [0.717, 1.165) is 29.8 Å². The van der Waals surface area contributed by atoms with Crippen molar-refractivity contribution in [3.8, 4) is 5.75 Å². The van der Waals surface area contributed by atoms with Crippen molar-refractivity contribution in [1.82, 2.24) is 9.80 Å². The number of anilines is 3. The van der Waals surface area contributed by atoms with Gasteiger partial charge in [-0.1, -0.05) is 37.3 Å². The van der Waals surface area contributed by atoms with E-state index in [1.54, 1.807) is 60.4 Å². The average Bonchev–Trinajstić information content (AvgIpc) is 3.07. The van der Waals surface area contributed by atoms with Gasteiger partial charge in [-0.25, -0.2) is 12.8 Å². The number of aliphatic hydroxyl groups excluding tert-OH is 1. The van der Waals surface area contributed by atoms with Crippen molar-refractivity contribution in [2.24, 2.45) is 5.92 Å². The molecule has 11 nitrogen and oxygen atoms in total. The molecule has 0 saturated heterocycles. The van der Waals surface area contributed by atoms with E-state index < -0.39 is 33.9 Å². The SMILES string of the molecule is C[C@H](CO)N1C[C@H](C)[C@H](CN(C)Cc2ccc(C(=O)Nc3ccccc3N)cc2)Oc2c(NS(=O)(=O)c3ccc(F)cc3)cccc2C1=O. The summed E-state index contributed by atoms with van der Waals surface area (Å²) in [6.07, 6.45) is -0.511. The van der Waals surface area contributed by atoms with Crippen LogP contribution in [0.1, 0.15) is 40.1 Å². The number of hydrogen-bond donors (Lipinski definition) is 4. The van der Waals surface area contributed by atoms with Crippen LogP contribution in [-0.2, 0) is 16.6 Å². The summed E-state index contributed by atoms with van der Waals surface area (Å²) < 4.78 is 49.2. The number of rotatable bonds is 11. The van der Waals surface area contributed by atoms with Crippen LogP contribution in [0.3, 0.4) is 0 Å². The third-order valence-corrected chi connectivity index (χ3v) is 9.81. The van der Waals surface area contributed by atoms with E-state index in [-0.39, 0.29) is 40.3 Å². The molecule has 4 aromatic carbocycles. The second-order valence-corrected chi connectivity index (χ2v) is 14.0. The fourth-order valence-electron chi connectivity index (χ4n) is 5.61. The zero-order valence-corrected chi connectivity index (χ0v) is 28.3. The minimum absolute atomic E-state index is 0.0552. The number of amides is 2. The molecule has 5 N–H and O–H groups in total. The predicted octanol–water partition coefficient (Wildman–Crippen LogP) is 4.81. The monoisotopic (exact) mass is 689 g/mol. The van der Waals surface area contributed by atoms with Crippen LogP contribution >= 0.6 is 0 Å². The average molecular weight is 690 g/mol. The number of sulfonamides is 1. The first-order valence-corrected chi connectivity index (χ1v) is 17.3. The van der Waals surface area contributed by atoms with Gasteiger partial charge in [0.25, 0.3) is 21.8 Å². The normalized spacial score (nSPS) is 17.0. The lowest BCUT2D eigenvalue weighted by atomic mass is 9.99. The summed E-state index contributed by atoms with van der Waals surface area (Å²) in [6, 6.07) is 22.7. The van der Waals surface area contributed by atoms with Crippen molar-refractivity contribution in [2.45, 2.75) is 37.4 Å². The lowest BCUT2D eigenvalue weighted by Crippen LogP contribution is -2.49. The molecule has 0 aliphatic carbocycles. The molecule has 258 valence electrons. The van der Waals surface area contributed by atoms with Crippen LogP contribution in [0.5, 0.6) is 5.75 Å². The summed E-state index contributed by atoms with van der Waals surface area (Å²) in [7, 11) is -2.25. The topological polar surface area (TPSA) is 154 Å². The smallest absolute Gasteiger partial charge is 0.262 e. The largest absolute Gasteiger partial charge is 0.486 e. The summed E-state index contributed by atoms with van der Waals surface area (Å²) in [4.78, 5) is 30.0. The number of nitrogen functional groups attached to an aromatic ring is 1. The van der Waals surface area contributed by atoms with E-state index in [4.69, 9.17) is 10.5 Å². The second kappa shape index (κ2) is 15.1. The van der Waals surface area contributed by atoms with Gasteiger partial charge in [0.05, 0.1) is 40.2 Å². The summed E-state index contributed by atoms with van der Waals surface area (Å²) in [5.41, 5.74) is 8.57. The lowest BCUT2D eigenvalue weighted by Gasteiger charge is -2.38. The maximum Gasteiger partial charge on any atom is 0.262 e. The number of ether oxygens (including phenoxy) is 1. The Morgan fingerprint density at radius 2 is 1.71 bits per heavy atom. The molecule has 1 heterocycles. The Hall–Kier alpha value is -4.98. The van der Waals surface area contributed by atoms with Gasteiger partial charge in [-0.3, -0.25) is 19.2 Å². The third-order valence-electron chi connectivity index (χ3n) is 8.43. The zero-order valence-electron chi connectivity index (χ0n) is 27.5. The zero-order chi connectivity index (χ0) is 35.3. The van der Waals surface area contributed by atoms with Crippen LogP contribution in [0.4, 0.5) is 21.5 Å². The first-order valence-electron chi connectivity index (χ1n) is 15.8. The number of benzene rings is 4. The highest BCUT2D eigenvalue weighted by molar-refractivity contribution is 7.92. The molecule has 4 aromatic rings. The number of nitrogens with zero attached hydrogens (tertiary/aromatic N) is 2. The summed E-state index contributed by atoms with van der Waals surface area (Å²) in [6.45, 7) is 4.61. The number of nitrogens with one attached hydrogen (secondary N) is 2. The van der Waals surface area contributed by atoms with Gasteiger partial charge in [0.2, 0.25) is 0 Å². The van der Waals surface area contributed by atoms with E-state index in [2.05, 4.69) is 10.0 Å². The molecule has 0 radical (unpaired) electrons. The lowest BCUT2D eigenvalue weighted by molar-refractivity contribution is 0.0344. The third kappa shape index (κ3) is 8.37. The van der Waals surface area contributed by atoms with Gasteiger partial charge in [0, 0.05) is 31.1 Å². The van der Waals surface area contributed by atoms with Gasteiger partial charge >= 0.3 is 0 Å². The van der Waals surface area contributed by atoms with Crippen LogP contribution in [0.25, 0.3) is 0 Å². The molecule has 0 saturated carbocycles. The molecule has 0 bridgehead atoms. The first kappa shape index (κ1) is 35.3. The number of halogens is 1. The molecule has 0 fully saturated rings. The van der Waals surface area contributed by atoms with Crippen molar-refractivity contribution >= 4 is 38.9 Å². The quantitative estimate of drug-likeness (QED) is 0.164. The molecule has 0 spiro atoms. The number of carbonyl (C=O) groups is 2. The highest BCUT2D eigenvalue weighted by Gasteiger charge is 2.35. The Kier molecular flexibility index (Phi) is 10.9. The number of aliphatic hydroxyl groups is 1. The predicted molar refractivity (Wildman–Crippen MR) is 186 cm³/mol. The van der Waals surface area contributed by atoms with Crippen molar-refractivity contribution < 1.29 is 32.2 Å². The number of likely N-dealkylation sites (N-methyl/N-ethyl adjacent to an activating group) is 1. The molecule has 0 unspecified atom stereocenters. The van der Waals surface area contributed by atoms with Crippen molar-refractivity contribution in [3.05, 3.63) is 114 Å². The van der Waals surface area contributed by atoms with Gasteiger partial charge in [-0.05, 0) is 80.2 Å². The molecule has 13 heteroatoms. The number of para-hydroxylation sites is 3. The Labute approximate surface area is 285 Å². The molecule has 5 rings (SSSR count). The van der Waals surface area contributed by atoms with Gasteiger partial charge < -0.3 is 25.8 Å². The van der Waals surface area contributed by atoms with E-state index >= 15 is 0 Å². The minimum Gasteiger partial charge on any atom is -0.486 e. The highest BCUT2D eigenvalue weighted by Crippen LogP contribution is 2.36. The number of hydrogen-bond acceptors (Lipinski definition) is 8. The van der Waals surface area contributed by atoms with Gasteiger partial charge in [-0.15, -0.1) is 0 Å². The van der Waals surface area contributed by atoms with Crippen LogP contribution in [0.15, 0.2) is 95.9 Å². The van der Waals surface area contributed by atoms with E-state index in [1.165, 1.54) is 6.07 Å².